The number of pyridine rings is 1. The fourth-order valence-electron chi connectivity index (χ4n) is 2.54. The number of halogens is 1. The zero-order valence-electron chi connectivity index (χ0n) is 12.3. The number of rotatable bonds is 3. The summed E-state index contributed by atoms with van der Waals surface area (Å²) in [5.41, 5.74) is 3.42. The van der Waals surface area contributed by atoms with Crippen molar-refractivity contribution in [2.24, 2.45) is 0 Å². The molecule has 1 N–H and O–H groups in total. The van der Waals surface area contributed by atoms with Gasteiger partial charge in [0, 0.05) is 11.8 Å². The van der Waals surface area contributed by atoms with E-state index >= 15 is 0 Å². The van der Waals surface area contributed by atoms with Crippen molar-refractivity contribution in [1.82, 2.24) is 9.38 Å². The summed E-state index contributed by atoms with van der Waals surface area (Å²) in [6.45, 7) is 3.79. The van der Waals surface area contributed by atoms with Crippen LogP contribution in [0.2, 0.25) is 0 Å². The van der Waals surface area contributed by atoms with Crippen LogP contribution in [0.3, 0.4) is 0 Å². The Kier molecular flexibility index (Phi) is 3.90. The first-order valence-electron chi connectivity index (χ1n) is 7.02. The van der Waals surface area contributed by atoms with E-state index in [0.717, 1.165) is 11.3 Å². The molecule has 22 heavy (non-hydrogen) atoms. The van der Waals surface area contributed by atoms with Crippen LogP contribution >= 0.6 is 22.6 Å². The molecule has 0 amide bonds. The number of nitrogens with zero attached hydrogens (tertiary/aromatic N) is 2. The van der Waals surface area contributed by atoms with Gasteiger partial charge in [0.2, 0.25) is 5.78 Å². The Bertz CT molecular complexity index is 860. The first-order valence-corrected chi connectivity index (χ1v) is 8.10. The molecule has 0 aliphatic carbocycles. The molecule has 0 saturated carbocycles. The maximum Gasteiger partial charge on any atom is 0.211 e. The number of ketones is 1. The number of aromatic nitrogens is 2. The second-order valence-electron chi connectivity index (χ2n) is 5.14. The average Bonchev–Trinajstić information content (AvgIpc) is 2.89. The molecule has 3 rings (SSSR count). The van der Waals surface area contributed by atoms with Crippen LogP contribution in [-0.4, -0.2) is 20.3 Å². The zero-order valence-corrected chi connectivity index (χ0v) is 14.5. The average molecular weight is 406 g/mol. The van der Waals surface area contributed by atoms with Crippen molar-refractivity contribution in [3.8, 4) is 5.75 Å². The number of phenolic OH excluding ortho intramolecular Hbond substituents is 1. The molecule has 2 heterocycles. The fourth-order valence-corrected chi connectivity index (χ4v) is 3.30. The summed E-state index contributed by atoms with van der Waals surface area (Å²) < 4.78 is 2.50. The lowest BCUT2D eigenvalue weighted by molar-refractivity contribution is 0.103. The molecule has 3 aromatic rings. The molecule has 0 spiro atoms. The minimum Gasteiger partial charge on any atom is -0.507 e. The van der Waals surface area contributed by atoms with Crippen LogP contribution in [0.25, 0.3) is 5.65 Å². The van der Waals surface area contributed by atoms with Crippen LogP contribution < -0.4 is 0 Å². The van der Waals surface area contributed by atoms with Gasteiger partial charge in [0.25, 0.3) is 0 Å². The smallest absolute Gasteiger partial charge is 0.211 e. The van der Waals surface area contributed by atoms with E-state index in [1.54, 1.807) is 19.1 Å². The standard InChI is InChI=1S/C17H15IN2O2/c1-3-13-15(20-7-5-4-6-14(20)19-13)17(22)11-8-10(2)16(21)12(18)9-11/h4-9,21H,3H2,1-2H3. The molecule has 0 radical (unpaired) electrons. The second-order valence-corrected chi connectivity index (χ2v) is 6.30. The molecule has 2 aromatic heterocycles. The van der Waals surface area contributed by atoms with Gasteiger partial charge in [-0.05, 0) is 65.8 Å². The summed E-state index contributed by atoms with van der Waals surface area (Å²) in [6.07, 6.45) is 2.55. The van der Waals surface area contributed by atoms with E-state index in [0.29, 0.717) is 26.8 Å². The van der Waals surface area contributed by atoms with Gasteiger partial charge >= 0.3 is 0 Å². The number of hydrogen-bond donors (Lipinski definition) is 1. The lowest BCUT2D eigenvalue weighted by Crippen LogP contribution is -2.08. The minimum absolute atomic E-state index is 0.0726. The summed E-state index contributed by atoms with van der Waals surface area (Å²) in [5, 5.41) is 9.88. The van der Waals surface area contributed by atoms with Gasteiger partial charge in [-0.1, -0.05) is 13.0 Å². The largest absolute Gasteiger partial charge is 0.507 e. The molecule has 0 fully saturated rings. The van der Waals surface area contributed by atoms with Crippen LogP contribution in [0.5, 0.6) is 5.75 Å². The number of carbonyl (C=O) groups excluding carboxylic acids is 1. The van der Waals surface area contributed by atoms with Gasteiger partial charge in [0.15, 0.2) is 0 Å². The lowest BCUT2D eigenvalue weighted by atomic mass is 10.0. The highest BCUT2D eigenvalue weighted by Gasteiger charge is 2.20. The highest BCUT2D eigenvalue weighted by Crippen LogP contribution is 2.27. The van der Waals surface area contributed by atoms with Gasteiger partial charge in [-0.2, -0.15) is 0 Å². The Morgan fingerprint density at radius 3 is 2.82 bits per heavy atom. The predicted octanol–water partition coefficient (Wildman–Crippen LogP) is 3.75. The Labute approximate surface area is 142 Å². The van der Waals surface area contributed by atoms with Crippen molar-refractivity contribution >= 4 is 34.0 Å². The van der Waals surface area contributed by atoms with Crippen molar-refractivity contribution in [3.63, 3.8) is 0 Å². The van der Waals surface area contributed by atoms with Crippen molar-refractivity contribution in [2.45, 2.75) is 20.3 Å². The molecule has 0 aliphatic rings. The highest BCUT2D eigenvalue weighted by molar-refractivity contribution is 14.1. The van der Waals surface area contributed by atoms with E-state index in [1.165, 1.54) is 0 Å². The summed E-state index contributed by atoms with van der Waals surface area (Å²) in [4.78, 5) is 17.5. The number of carbonyl (C=O) groups is 1. The first kappa shape index (κ1) is 15.0. The van der Waals surface area contributed by atoms with Crippen molar-refractivity contribution in [1.29, 1.82) is 0 Å². The summed E-state index contributed by atoms with van der Waals surface area (Å²) in [7, 11) is 0. The third-order valence-corrected chi connectivity index (χ3v) is 4.49. The van der Waals surface area contributed by atoms with Crippen LogP contribution in [0.1, 0.15) is 34.2 Å². The first-order chi connectivity index (χ1) is 10.5. The molecular formula is C17H15IN2O2. The maximum atomic E-state index is 13.0. The van der Waals surface area contributed by atoms with Crippen LogP contribution in [0.4, 0.5) is 0 Å². The highest BCUT2D eigenvalue weighted by atomic mass is 127. The number of phenols is 1. The van der Waals surface area contributed by atoms with E-state index in [4.69, 9.17) is 0 Å². The number of hydrogen-bond acceptors (Lipinski definition) is 3. The maximum absolute atomic E-state index is 13.0. The second kappa shape index (κ2) is 5.72. The number of fused-ring (bicyclic) bond motifs is 1. The number of imidazole rings is 1. The third-order valence-electron chi connectivity index (χ3n) is 3.67. The topological polar surface area (TPSA) is 54.6 Å². The van der Waals surface area contributed by atoms with Crippen molar-refractivity contribution in [3.05, 3.63) is 62.6 Å². The molecule has 112 valence electrons. The monoisotopic (exact) mass is 406 g/mol. The van der Waals surface area contributed by atoms with Gasteiger partial charge < -0.3 is 5.11 Å². The summed E-state index contributed by atoms with van der Waals surface area (Å²) >= 11 is 2.04. The number of aromatic hydroxyl groups is 1. The fraction of sp³-hybridized carbons (Fsp3) is 0.176. The minimum atomic E-state index is -0.0726. The van der Waals surface area contributed by atoms with Gasteiger partial charge in [-0.3, -0.25) is 9.20 Å². The lowest BCUT2D eigenvalue weighted by Gasteiger charge is -2.07. The zero-order chi connectivity index (χ0) is 15.9. The van der Waals surface area contributed by atoms with E-state index in [2.05, 4.69) is 4.98 Å². The van der Waals surface area contributed by atoms with Crippen LogP contribution in [0, 0.1) is 10.5 Å². The Balaban J connectivity index is 2.21. The number of aryl methyl sites for hydroxylation is 2. The SMILES string of the molecule is CCc1nc2ccccn2c1C(=O)c1cc(C)c(O)c(I)c1. The summed E-state index contributed by atoms with van der Waals surface area (Å²) in [5.74, 6) is 0.155. The third kappa shape index (κ3) is 2.39. The predicted molar refractivity (Wildman–Crippen MR) is 93.6 cm³/mol. The quantitative estimate of drug-likeness (QED) is 0.533. The van der Waals surface area contributed by atoms with Gasteiger partial charge in [0.05, 0.1) is 9.26 Å². The molecule has 5 heteroatoms. The van der Waals surface area contributed by atoms with E-state index in [1.807, 2.05) is 58.3 Å². The molecule has 0 unspecified atom stereocenters. The van der Waals surface area contributed by atoms with E-state index in [-0.39, 0.29) is 11.5 Å². The van der Waals surface area contributed by atoms with Crippen molar-refractivity contribution < 1.29 is 9.90 Å². The van der Waals surface area contributed by atoms with Gasteiger partial charge in [-0.25, -0.2) is 4.98 Å². The molecule has 1 aromatic carbocycles. The molecule has 0 bridgehead atoms. The molecular weight excluding hydrogens is 391 g/mol. The Hall–Kier alpha value is -1.89. The molecule has 0 saturated heterocycles. The van der Waals surface area contributed by atoms with Crippen LogP contribution in [-0.2, 0) is 6.42 Å². The van der Waals surface area contributed by atoms with Crippen molar-refractivity contribution in [2.75, 3.05) is 0 Å². The molecule has 0 aliphatic heterocycles. The normalized spacial score (nSPS) is 11.0. The van der Waals surface area contributed by atoms with Gasteiger partial charge in [-0.15, -0.1) is 0 Å². The van der Waals surface area contributed by atoms with E-state index in [9.17, 15) is 9.90 Å². The van der Waals surface area contributed by atoms with E-state index < -0.39 is 0 Å². The van der Waals surface area contributed by atoms with Crippen LogP contribution in [0.15, 0.2) is 36.5 Å². The Morgan fingerprint density at radius 2 is 2.14 bits per heavy atom. The van der Waals surface area contributed by atoms with Gasteiger partial charge in [0.1, 0.15) is 17.1 Å². The molecule has 4 nitrogen and oxygen atoms in total. The number of benzene rings is 1. The Morgan fingerprint density at radius 1 is 1.36 bits per heavy atom. The molecule has 0 atom stereocenters. The summed E-state index contributed by atoms with van der Waals surface area (Å²) in [6, 6.07) is 9.12.